The number of hydrogen-bond acceptors (Lipinski definition) is 7. The van der Waals surface area contributed by atoms with Crippen molar-refractivity contribution in [2.24, 2.45) is 23.1 Å². The van der Waals surface area contributed by atoms with E-state index in [1.807, 2.05) is 13.8 Å². The molecular weight excluding hydrogens is 362 g/mol. The van der Waals surface area contributed by atoms with Crippen LogP contribution in [0.2, 0.25) is 0 Å². The lowest BCUT2D eigenvalue weighted by molar-refractivity contribution is -0.119. The minimum Gasteiger partial charge on any atom is -0.368 e. The molecule has 0 unspecified atom stereocenters. The summed E-state index contributed by atoms with van der Waals surface area (Å²) < 4.78 is 0. The topological polar surface area (TPSA) is 179 Å². The highest BCUT2D eigenvalue weighted by atomic mass is 16.2. The molecule has 1 heterocycles. The van der Waals surface area contributed by atoms with Gasteiger partial charge in [0.05, 0.1) is 6.20 Å². The molecule has 0 fully saturated rings. The largest absolute Gasteiger partial charge is 0.368 e. The lowest BCUT2D eigenvalue weighted by atomic mass is 10.0. The summed E-state index contributed by atoms with van der Waals surface area (Å²) in [6.07, 6.45) is 1.81. The maximum Gasteiger partial charge on any atom is 0.271 e. The molecule has 0 radical (unpaired) electrons. The average Bonchev–Trinajstić information content (AvgIpc) is 2.61. The average molecular weight is 385 g/mol. The third kappa shape index (κ3) is 5.40. The van der Waals surface area contributed by atoms with Crippen molar-refractivity contribution in [2.75, 3.05) is 10.6 Å². The van der Waals surface area contributed by atoms with Crippen LogP contribution in [0.1, 0.15) is 41.1 Å². The SMILES string of the molecule is CC(C)C[C@@H](Nc1cnc(C(N)=O)c(Nc2ccc(C(N)=O)cc2)n1)C(N)=O. The summed E-state index contributed by atoms with van der Waals surface area (Å²) in [6, 6.07) is 5.59. The molecule has 0 aliphatic rings. The summed E-state index contributed by atoms with van der Waals surface area (Å²) in [4.78, 5) is 42.8. The van der Waals surface area contributed by atoms with Gasteiger partial charge in [-0.05, 0) is 36.6 Å². The molecule has 0 aliphatic carbocycles. The number of carbonyl (C=O) groups excluding carboxylic acids is 3. The van der Waals surface area contributed by atoms with Gasteiger partial charge < -0.3 is 27.8 Å². The second-order valence-corrected chi connectivity index (χ2v) is 6.61. The van der Waals surface area contributed by atoms with Crippen LogP contribution in [-0.4, -0.2) is 33.7 Å². The van der Waals surface area contributed by atoms with Crippen LogP contribution >= 0.6 is 0 Å². The van der Waals surface area contributed by atoms with Crippen molar-refractivity contribution in [3.05, 3.63) is 41.7 Å². The first-order chi connectivity index (χ1) is 13.2. The molecule has 0 saturated heterocycles. The van der Waals surface area contributed by atoms with Crippen LogP contribution in [-0.2, 0) is 4.79 Å². The van der Waals surface area contributed by atoms with Crippen molar-refractivity contribution in [1.82, 2.24) is 9.97 Å². The van der Waals surface area contributed by atoms with Crippen molar-refractivity contribution in [3.63, 3.8) is 0 Å². The van der Waals surface area contributed by atoms with E-state index in [2.05, 4.69) is 20.6 Å². The van der Waals surface area contributed by atoms with E-state index < -0.39 is 23.8 Å². The summed E-state index contributed by atoms with van der Waals surface area (Å²) in [5.74, 6) is -1.28. The van der Waals surface area contributed by atoms with E-state index in [0.717, 1.165) is 0 Å². The maximum atomic E-state index is 11.7. The van der Waals surface area contributed by atoms with Crippen LogP contribution in [0.3, 0.4) is 0 Å². The number of anilines is 3. The number of aromatic nitrogens is 2. The van der Waals surface area contributed by atoms with Gasteiger partial charge in [-0.3, -0.25) is 14.4 Å². The molecule has 0 bridgehead atoms. The van der Waals surface area contributed by atoms with E-state index in [-0.39, 0.29) is 23.2 Å². The smallest absolute Gasteiger partial charge is 0.271 e. The van der Waals surface area contributed by atoms with Crippen LogP contribution in [0.25, 0.3) is 0 Å². The molecular formula is C18H23N7O3. The Morgan fingerprint density at radius 1 is 1.04 bits per heavy atom. The Labute approximate surface area is 161 Å². The first kappa shape index (κ1) is 20.6. The van der Waals surface area contributed by atoms with Gasteiger partial charge in [0.15, 0.2) is 11.5 Å². The second kappa shape index (κ2) is 8.80. The van der Waals surface area contributed by atoms with Gasteiger partial charge in [0, 0.05) is 11.3 Å². The molecule has 1 atom stereocenters. The lowest BCUT2D eigenvalue weighted by Gasteiger charge is -2.18. The highest BCUT2D eigenvalue weighted by Gasteiger charge is 2.19. The van der Waals surface area contributed by atoms with E-state index in [0.29, 0.717) is 17.7 Å². The first-order valence-electron chi connectivity index (χ1n) is 8.57. The normalized spacial score (nSPS) is 11.7. The molecule has 10 heteroatoms. The zero-order valence-electron chi connectivity index (χ0n) is 15.6. The quantitative estimate of drug-likeness (QED) is 0.422. The minimum absolute atomic E-state index is 0.0796. The van der Waals surface area contributed by atoms with Gasteiger partial charge in [-0.2, -0.15) is 0 Å². The Morgan fingerprint density at radius 3 is 2.18 bits per heavy atom. The summed E-state index contributed by atoms with van der Waals surface area (Å²) in [5, 5.41) is 5.85. The number of nitrogens with zero attached hydrogens (tertiary/aromatic N) is 2. The monoisotopic (exact) mass is 385 g/mol. The van der Waals surface area contributed by atoms with E-state index in [9.17, 15) is 14.4 Å². The fraction of sp³-hybridized carbons (Fsp3) is 0.278. The number of carbonyl (C=O) groups is 3. The number of nitrogens with two attached hydrogens (primary N) is 3. The van der Waals surface area contributed by atoms with Gasteiger partial charge in [-0.15, -0.1) is 0 Å². The molecule has 1 aromatic carbocycles. The molecule has 1 aromatic heterocycles. The van der Waals surface area contributed by atoms with Crippen LogP contribution in [0.5, 0.6) is 0 Å². The van der Waals surface area contributed by atoms with E-state index in [1.165, 1.54) is 18.3 Å². The molecule has 0 saturated carbocycles. The van der Waals surface area contributed by atoms with Crippen molar-refractivity contribution in [2.45, 2.75) is 26.3 Å². The number of primary amides is 3. The van der Waals surface area contributed by atoms with Crippen molar-refractivity contribution in [1.29, 1.82) is 0 Å². The minimum atomic E-state index is -0.774. The zero-order chi connectivity index (χ0) is 20.8. The van der Waals surface area contributed by atoms with Gasteiger partial charge in [-0.1, -0.05) is 13.8 Å². The Bertz CT molecular complexity index is 881. The zero-order valence-corrected chi connectivity index (χ0v) is 15.6. The van der Waals surface area contributed by atoms with E-state index in [4.69, 9.17) is 17.2 Å². The van der Waals surface area contributed by atoms with E-state index in [1.54, 1.807) is 12.1 Å². The molecule has 10 nitrogen and oxygen atoms in total. The van der Waals surface area contributed by atoms with E-state index >= 15 is 0 Å². The van der Waals surface area contributed by atoms with Gasteiger partial charge in [0.1, 0.15) is 11.9 Å². The molecule has 148 valence electrons. The lowest BCUT2D eigenvalue weighted by Crippen LogP contribution is -2.37. The van der Waals surface area contributed by atoms with Gasteiger partial charge in [0.25, 0.3) is 5.91 Å². The summed E-state index contributed by atoms with van der Waals surface area (Å²) in [6.45, 7) is 3.92. The Balaban J connectivity index is 2.30. The van der Waals surface area contributed by atoms with Crippen LogP contribution in [0, 0.1) is 5.92 Å². The molecule has 0 spiro atoms. The Kier molecular flexibility index (Phi) is 6.48. The second-order valence-electron chi connectivity index (χ2n) is 6.61. The highest BCUT2D eigenvalue weighted by Crippen LogP contribution is 2.20. The predicted molar refractivity (Wildman–Crippen MR) is 105 cm³/mol. The van der Waals surface area contributed by atoms with Gasteiger partial charge >= 0.3 is 0 Å². The maximum absolute atomic E-state index is 11.7. The fourth-order valence-electron chi connectivity index (χ4n) is 2.48. The van der Waals surface area contributed by atoms with Gasteiger partial charge in [-0.25, -0.2) is 9.97 Å². The molecule has 0 aliphatic heterocycles. The highest BCUT2D eigenvalue weighted by molar-refractivity contribution is 5.97. The molecule has 8 N–H and O–H groups in total. The number of rotatable bonds is 9. The third-order valence-corrected chi connectivity index (χ3v) is 3.81. The van der Waals surface area contributed by atoms with Crippen molar-refractivity contribution in [3.8, 4) is 0 Å². The predicted octanol–water partition coefficient (Wildman–Crippen LogP) is 0.730. The van der Waals surface area contributed by atoms with Crippen LogP contribution in [0.4, 0.5) is 17.3 Å². The molecule has 28 heavy (non-hydrogen) atoms. The van der Waals surface area contributed by atoms with Crippen molar-refractivity contribution < 1.29 is 14.4 Å². The fourth-order valence-corrected chi connectivity index (χ4v) is 2.48. The van der Waals surface area contributed by atoms with Crippen LogP contribution in [0.15, 0.2) is 30.5 Å². The summed E-state index contributed by atoms with van der Waals surface area (Å²) in [5.41, 5.74) is 16.8. The van der Waals surface area contributed by atoms with Crippen LogP contribution < -0.4 is 27.8 Å². The van der Waals surface area contributed by atoms with Gasteiger partial charge in [0.2, 0.25) is 11.8 Å². The Morgan fingerprint density at radius 2 is 1.68 bits per heavy atom. The third-order valence-electron chi connectivity index (χ3n) is 3.81. The number of hydrogen-bond donors (Lipinski definition) is 5. The molecule has 2 rings (SSSR count). The summed E-state index contributed by atoms with van der Waals surface area (Å²) in [7, 11) is 0. The number of amides is 3. The summed E-state index contributed by atoms with van der Waals surface area (Å²) >= 11 is 0. The number of nitrogens with one attached hydrogen (secondary N) is 2. The van der Waals surface area contributed by atoms with Crippen molar-refractivity contribution >= 4 is 35.0 Å². The number of benzene rings is 1. The standard InChI is InChI=1S/C18H23N7O3/c1-9(2)7-12(16(20)27)24-13-8-22-14(17(21)28)18(25-13)23-11-5-3-10(4-6-11)15(19)26/h3-6,8-9,12H,7H2,1-2H3,(H2,19,26)(H2,20,27)(H2,21,28)(H2,23,24,25)/t12-/m1/s1. The Hall–Kier alpha value is -3.69. The molecule has 3 amide bonds. The molecule has 2 aromatic rings. The first-order valence-corrected chi connectivity index (χ1v) is 8.57.